The van der Waals surface area contributed by atoms with E-state index in [0.29, 0.717) is 24.2 Å². The molecule has 0 bridgehead atoms. The molecule has 0 aromatic heterocycles. The average Bonchev–Trinajstić information content (AvgIpc) is 3.51. The Kier molecular flexibility index (Phi) is 7.54. The molecule has 6 heteroatoms. The summed E-state index contributed by atoms with van der Waals surface area (Å²) in [6.07, 6.45) is 4.79. The average molecular weight is 391 g/mol. The number of halogens is 1. The van der Waals surface area contributed by atoms with Gasteiger partial charge in [0.2, 0.25) is 0 Å². The van der Waals surface area contributed by atoms with E-state index >= 15 is 0 Å². The molecule has 1 atom stereocenters. The zero-order chi connectivity index (χ0) is 19.9. The Labute approximate surface area is 168 Å². The molecule has 1 saturated heterocycles. The van der Waals surface area contributed by atoms with Crippen LogP contribution >= 0.6 is 0 Å². The first kappa shape index (κ1) is 20.9. The van der Waals surface area contributed by atoms with Gasteiger partial charge in [-0.2, -0.15) is 0 Å². The standard InChI is InChI=1S/C22H35FN4O/c1-4-24-22(25-14-17-9-11-27(3)12-10-17)26-16(2)19-7-8-21(20(23)13-19)28-15-18-5-6-18/h7-8,13,16-18H,4-6,9-12,14-15H2,1-3H3,(H2,24,25,26). The van der Waals surface area contributed by atoms with Crippen molar-refractivity contribution < 1.29 is 9.13 Å². The Hall–Kier alpha value is -1.82. The second kappa shape index (κ2) is 10.1. The van der Waals surface area contributed by atoms with Gasteiger partial charge in [0.05, 0.1) is 12.6 Å². The van der Waals surface area contributed by atoms with Crippen LogP contribution in [-0.4, -0.2) is 50.7 Å². The van der Waals surface area contributed by atoms with E-state index in [1.54, 1.807) is 12.1 Å². The number of likely N-dealkylation sites (tertiary alicyclic amines) is 1. The summed E-state index contributed by atoms with van der Waals surface area (Å²) in [4.78, 5) is 7.15. The fourth-order valence-electron chi connectivity index (χ4n) is 3.47. The molecular weight excluding hydrogens is 355 g/mol. The van der Waals surface area contributed by atoms with Crippen molar-refractivity contribution in [2.45, 2.75) is 45.6 Å². The van der Waals surface area contributed by atoms with Crippen molar-refractivity contribution >= 4 is 5.96 Å². The second-order valence-electron chi connectivity index (χ2n) is 8.28. The molecule has 156 valence electrons. The van der Waals surface area contributed by atoms with E-state index in [-0.39, 0.29) is 11.9 Å². The number of nitrogens with one attached hydrogen (secondary N) is 2. The van der Waals surface area contributed by atoms with Crippen LogP contribution in [0, 0.1) is 17.7 Å². The highest BCUT2D eigenvalue weighted by molar-refractivity contribution is 5.80. The number of benzene rings is 1. The highest BCUT2D eigenvalue weighted by atomic mass is 19.1. The first-order valence-electron chi connectivity index (χ1n) is 10.7. The van der Waals surface area contributed by atoms with E-state index in [9.17, 15) is 4.39 Å². The van der Waals surface area contributed by atoms with Crippen molar-refractivity contribution in [3.63, 3.8) is 0 Å². The van der Waals surface area contributed by atoms with Gasteiger partial charge >= 0.3 is 0 Å². The monoisotopic (exact) mass is 390 g/mol. The normalized spacial score (nSPS) is 20.1. The molecule has 1 aromatic rings. The molecule has 5 nitrogen and oxygen atoms in total. The van der Waals surface area contributed by atoms with E-state index in [1.807, 2.05) is 13.0 Å². The van der Waals surface area contributed by atoms with Crippen LogP contribution in [0.4, 0.5) is 4.39 Å². The number of ether oxygens (including phenoxy) is 1. The minimum absolute atomic E-state index is 0.0396. The summed E-state index contributed by atoms with van der Waals surface area (Å²) in [5.41, 5.74) is 0.890. The molecule has 0 amide bonds. The van der Waals surface area contributed by atoms with Crippen LogP contribution in [0.2, 0.25) is 0 Å². The third-order valence-corrected chi connectivity index (χ3v) is 5.67. The number of nitrogens with zero attached hydrogens (tertiary/aromatic N) is 2. The van der Waals surface area contributed by atoms with Crippen LogP contribution < -0.4 is 15.4 Å². The lowest BCUT2D eigenvalue weighted by Crippen LogP contribution is -2.39. The first-order chi connectivity index (χ1) is 13.5. The first-order valence-corrected chi connectivity index (χ1v) is 10.7. The zero-order valence-electron chi connectivity index (χ0n) is 17.5. The maximum atomic E-state index is 14.4. The molecule has 3 rings (SSSR count). The summed E-state index contributed by atoms with van der Waals surface area (Å²) < 4.78 is 20.0. The quantitative estimate of drug-likeness (QED) is 0.526. The molecule has 1 saturated carbocycles. The molecule has 28 heavy (non-hydrogen) atoms. The van der Waals surface area contributed by atoms with Crippen LogP contribution in [0.25, 0.3) is 0 Å². The van der Waals surface area contributed by atoms with E-state index in [4.69, 9.17) is 9.73 Å². The molecular formula is C22H35FN4O. The third-order valence-electron chi connectivity index (χ3n) is 5.67. The highest BCUT2D eigenvalue weighted by Crippen LogP contribution is 2.30. The number of hydrogen-bond acceptors (Lipinski definition) is 3. The van der Waals surface area contributed by atoms with Crippen LogP contribution in [0.5, 0.6) is 5.75 Å². The van der Waals surface area contributed by atoms with Crippen molar-refractivity contribution in [1.29, 1.82) is 0 Å². The molecule has 1 unspecified atom stereocenters. The third kappa shape index (κ3) is 6.36. The number of piperidine rings is 1. The van der Waals surface area contributed by atoms with Crippen molar-refractivity contribution in [1.82, 2.24) is 15.5 Å². The van der Waals surface area contributed by atoms with Gasteiger partial charge in [-0.05, 0) is 89.2 Å². The molecule has 1 aliphatic heterocycles. The van der Waals surface area contributed by atoms with Gasteiger partial charge in [-0.1, -0.05) is 6.07 Å². The summed E-state index contributed by atoms with van der Waals surface area (Å²) in [5, 5.41) is 6.72. The van der Waals surface area contributed by atoms with Crippen molar-refractivity contribution in [3.05, 3.63) is 29.6 Å². The van der Waals surface area contributed by atoms with Crippen LogP contribution in [-0.2, 0) is 0 Å². The fourth-order valence-corrected chi connectivity index (χ4v) is 3.47. The minimum atomic E-state index is -0.292. The fraction of sp³-hybridized carbons (Fsp3) is 0.682. The predicted molar refractivity (Wildman–Crippen MR) is 112 cm³/mol. The Morgan fingerprint density at radius 2 is 2.00 bits per heavy atom. The van der Waals surface area contributed by atoms with Gasteiger partial charge in [-0.15, -0.1) is 0 Å². The molecule has 2 fully saturated rings. The van der Waals surface area contributed by atoms with Crippen LogP contribution in [0.3, 0.4) is 0 Å². The predicted octanol–water partition coefficient (Wildman–Crippen LogP) is 3.57. The van der Waals surface area contributed by atoms with Crippen molar-refractivity contribution in [2.24, 2.45) is 16.8 Å². The Balaban J connectivity index is 1.55. The zero-order valence-corrected chi connectivity index (χ0v) is 17.5. The largest absolute Gasteiger partial charge is 0.490 e. The van der Waals surface area contributed by atoms with E-state index in [0.717, 1.165) is 37.7 Å². The smallest absolute Gasteiger partial charge is 0.191 e. The lowest BCUT2D eigenvalue weighted by Gasteiger charge is -2.28. The summed E-state index contributed by atoms with van der Waals surface area (Å²) in [6, 6.07) is 5.21. The lowest BCUT2D eigenvalue weighted by molar-refractivity contribution is 0.223. The highest BCUT2D eigenvalue weighted by Gasteiger charge is 2.22. The Morgan fingerprint density at radius 1 is 1.25 bits per heavy atom. The molecule has 1 aliphatic carbocycles. The number of hydrogen-bond donors (Lipinski definition) is 2. The van der Waals surface area contributed by atoms with Gasteiger partial charge in [0.25, 0.3) is 0 Å². The Morgan fingerprint density at radius 3 is 2.64 bits per heavy atom. The Bertz CT molecular complexity index is 654. The molecule has 0 spiro atoms. The van der Waals surface area contributed by atoms with Gasteiger partial charge in [0.15, 0.2) is 17.5 Å². The number of guanidine groups is 1. The lowest BCUT2D eigenvalue weighted by atomic mass is 9.97. The van der Waals surface area contributed by atoms with Crippen molar-refractivity contribution in [3.8, 4) is 5.75 Å². The molecule has 0 radical (unpaired) electrons. The van der Waals surface area contributed by atoms with Gasteiger partial charge in [0.1, 0.15) is 0 Å². The number of aliphatic imine (C=N–C) groups is 1. The maximum Gasteiger partial charge on any atom is 0.191 e. The van der Waals surface area contributed by atoms with Crippen LogP contribution in [0.15, 0.2) is 23.2 Å². The number of rotatable bonds is 8. The van der Waals surface area contributed by atoms with Crippen molar-refractivity contribution in [2.75, 3.05) is 39.8 Å². The topological polar surface area (TPSA) is 48.9 Å². The van der Waals surface area contributed by atoms with Crippen LogP contribution in [0.1, 0.15) is 51.1 Å². The summed E-state index contributed by atoms with van der Waals surface area (Å²) in [6.45, 7) is 8.64. The van der Waals surface area contributed by atoms with Gasteiger partial charge in [-0.25, -0.2) is 4.39 Å². The molecule has 1 aromatic carbocycles. The van der Waals surface area contributed by atoms with E-state index in [1.165, 1.54) is 25.7 Å². The summed E-state index contributed by atoms with van der Waals surface area (Å²) in [7, 11) is 2.17. The SMILES string of the molecule is CCNC(=NCC1CCN(C)CC1)NC(C)c1ccc(OCC2CC2)c(F)c1. The molecule has 2 N–H and O–H groups in total. The van der Waals surface area contributed by atoms with Gasteiger partial charge in [-0.3, -0.25) is 4.99 Å². The summed E-state index contributed by atoms with van der Waals surface area (Å²) in [5.74, 6) is 2.11. The van der Waals surface area contributed by atoms with E-state index < -0.39 is 0 Å². The molecule has 1 heterocycles. The summed E-state index contributed by atoms with van der Waals surface area (Å²) >= 11 is 0. The second-order valence-corrected chi connectivity index (χ2v) is 8.28. The van der Waals surface area contributed by atoms with Gasteiger partial charge < -0.3 is 20.3 Å². The minimum Gasteiger partial charge on any atom is -0.490 e. The van der Waals surface area contributed by atoms with E-state index in [2.05, 4.69) is 29.5 Å². The molecule has 2 aliphatic rings. The van der Waals surface area contributed by atoms with Gasteiger partial charge in [0, 0.05) is 13.1 Å². The maximum absolute atomic E-state index is 14.4.